The molecule has 0 bridgehead atoms. The normalized spacial score (nSPS) is 27.0. The lowest BCUT2D eigenvalue weighted by Crippen LogP contribution is -2.58. The zero-order valence-electron chi connectivity index (χ0n) is 19.5. The molecule has 0 aromatic heterocycles. The largest absolute Gasteiger partial charge is 0.396 e. The molecule has 0 amide bonds. The molecule has 2 heterocycles. The van der Waals surface area contributed by atoms with Crippen LogP contribution < -0.4 is 4.90 Å². The third-order valence-electron chi connectivity index (χ3n) is 8.74. The highest BCUT2D eigenvalue weighted by molar-refractivity contribution is 5.52. The Morgan fingerprint density at radius 2 is 1.65 bits per heavy atom. The van der Waals surface area contributed by atoms with Gasteiger partial charge in [-0.15, -0.1) is 0 Å². The Morgan fingerprint density at radius 1 is 0.839 bits per heavy atom. The highest BCUT2D eigenvalue weighted by Gasteiger charge is 2.33. The maximum Gasteiger partial charge on any atom is 0.0446 e. The van der Waals surface area contributed by atoms with Gasteiger partial charge in [0.15, 0.2) is 0 Å². The number of hydrogen-bond acceptors (Lipinski definition) is 4. The van der Waals surface area contributed by atoms with E-state index in [1.54, 1.807) is 11.1 Å². The highest BCUT2D eigenvalue weighted by atomic mass is 16.3. The predicted molar refractivity (Wildman–Crippen MR) is 129 cm³/mol. The Hall–Kier alpha value is -1.10. The summed E-state index contributed by atoms with van der Waals surface area (Å²) in [7, 11) is 0. The smallest absolute Gasteiger partial charge is 0.0446 e. The first kappa shape index (κ1) is 21.7. The van der Waals surface area contributed by atoms with Crippen LogP contribution in [0.4, 0.5) is 5.69 Å². The van der Waals surface area contributed by atoms with Crippen LogP contribution in [0.15, 0.2) is 18.2 Å². The third kappa shape index (κ3) is 5.12. The minimum atomic E-state index is 0.330. The first-order valence-corrected chi connectivity index (χ1v) is 13.3. The van der Waals surface area contributed by atoms with Crippen LogP contribution >= 0.6 is 0 Å². The fourth-order valence-electron chi connectivity index (χ4n) is 6.86. The summed E-state index contributed by atoms with van der Waals surface area (Å²) in [5, 5.41) is 9.71. The Labute approximate surface area is 189 Å². The second kappa shape index (κ2) is 10.2. The van der Waals surface area contributed by atoms with E-state index in [4.69, 9.17) is 0 Å². The molecular formula is C27H43N3O. The molecule has 2 aliphatic carbocycles. The highest BCUT2D eigenvalue weighted by Crippen LogP contribution is 2.31. The average molecular weight is 426 g/mol. The Kier molecular flexibility index (Phi) is 7.17. The van der Waals surface area contributed by atoms with Gasteiger partial charge in [0, 0.05) is 63.6 Å². The molecule has 4 aliphatic rings. The zero-order valence-corrected chi connectivity index (χ0v) is 19.5. The third-order valence-corrected chi connectivity index (χ3v) is 8.74. The van der Waals surface area contributed by atoms with E-state index in [9.17, 15) is 5.11 Å². The standard InChI is InChI=1S/C27H43N3O/c31-18-13-27-21-30(17-16-29(27)20-22-5-2-1-3-6-22)25-11-14-28(15-12-25)26-10-9-23-7-4-8-24(23)19-26/h9-10,19,22,25,27,31H,1-8,11-18,20-21H2. The van der Waals surface area contributed by atoms with Crippen LogP contribution in [-0.4, -0.2) is 72.9 Å². The van der Waals surface area contributed by atoms with Gasteiger partial charge in [0.2, 0.25) is 0 Å². The van der Waals surface area contributed by atoms with Crippen molar-refractivity contribution in [1.29, 1.82) is 0 Å². The lowest BCUT2D eigenvalue weighted by atomic mass is 9.88. The number of benzene rings is 1. The van der Waals surface area contributed by atoms with Crippen molar-refractivity contribution in [3.05, 3.63) is 29.3 Å². The van der Waals surface area contributed by atoms with Crippen molar-refractivity contribution in [3.63, 3.8) is 0 Å². The number of aliphatic hydroxyl groups is 1. The summed E-state index contributed by atoms with van der Waals surface area (Å²) >= 11 is 0. The fourth-order valence-corrected chi connectivity index (χ4v) is 6.86. The average Bonchev–Trinajstić information content (AvgIpc) is 3.29. The van der Waals surface area contributed by atoms with Gasteiger partial charge in [-0.1, -0.05) is 25.3 Å². The van der Waals surface area contributed by atoms with Crippen LogP contribution in [0.2, 0.25) is 0 Å². The number of hydrogen-bond donors (Lipinski definition) is 1. The van der Waals surface area contributed by atoms with E-state index in [0.29, 0.717) is 12.6 Å². The number of aliphatic hydroxyl groups excluding tert-OH is 1. The minimum Gasteiger partial charge on any atom is -0.396 e. The monoisotopic (exact) mass is 425 g/mol. The number of piperazine rings is 1. The van der Waals surface area contributed by atoms with Gasteiger partial charge in [-0.3, -0.25) is 9.80 Å². The molecule has 172 valence electrons. The predicted octanol–water partition coefficient (Wildman–Crippen LogP) is 4.09. The van der Waals surface area contributed by atoms with Crippen molar-refractivity contribution in [2.75, 3.05) is 50.8 Å². The van der Waals surface area contributed by atoms with Crippen LogP contribution in [0.5, 0.6) is 0 Å². The number of fused-ring (bicyclic) bond motifs is 1. The van der Waals surface area contributed by atoms with Crippen molar-refractivity contribution < 1.29 is 5.11 Å². The van der Waals surface area contributed by atoms with Crippen molar-refractivity contribution in [1.82, 2.24) is 9.80 Å². The second-order valence-electron chi connectivity index (χ2n) is 10.7. The number of piperidine rings is 1. The molecule has 1 atom stereocenters. The van der Waals surface area contributed by atoms with Crippen molar-refractivity contribution >= 4 is 5.69 Å². The van der Waals surface area contributed by atoms with Gasteiger partial charge in [0.25, 0.3) is 0 Å². The summed E-state index contributed by atoms with van der Waals surface area (Å²) in [6.45, 7) is 7.57. The van der Waals surface area contributed by atoms with Gasteiger partial charge in [-0.2, -0.15) is 0 Å². The van der Waals surface area contributed by atoms with Crippen LogP contribution in [0, 0.1) is 5.92 Å². The summed E-state index contributed by atoms with van der Waals surface area (Å²) in [5.74, 6) is 0.900. The summed E-state index contributed by atoms with van der Waals surface area (Å²) in [6.07, 6.45) is 14.5. The summed E-state index contributed by atoms with van der Waals surface area (Å²) < 4.78 is 0. The molecule has 2 saturated heterocycles. The van der Waals surface area contributed by atoms with Crippen LogP contribution in [0.25, 0.3) is 0 Å². The molecule has 5 rings (SSSR count). The van der Waals surface area contributed by atoms with Gasteiger partial charge in [-0.25, -0.2) is 0 Å². The second-order valence-corrected chi connectivity index (χ2v) is 10.7. The molecule has 4 nitrogen and oxygen atoms in total. The Balaban J connectivity index is 1.14. The molecule has 0 radical (unpaired) electrons. The first-order chi connectivity index (χ1) is 15.3. The number of aryl methyl sites for hydroxylation is 2. The Bertz CT molecular complexity index is 708. The lowest BCUT2D eigenvalue weighted by molar-refractivity contribution is 0.0184. The summed E-state index contributed by atoms with van der Waals surface area (Å²) in [4.78, 5) is 8.14. The van der Waals surface area contributed by atoms with Gasteiger partial charge >= 0.3 is 0 Å². The molecule has 2 aliphatic heterocycles. The van der Waals surface area contributed by atoms with Gasteiger partial charge in [0.1, 0.15) is 0 Å². The topological polar surface area (TPSA) is 30.0 Å². The van der Waals surface area contributed by atoms with Crippen LogP contribution in [-0.2, 0) is 12.8 Å². The number of anilines is 1. The van der Waals surface area contributed by atoms with E-state index in [1.165, 1.54) is 103 Å². The maximum atomic E-state index is 9.71. The van der Waals surface area contributed by atoms with Crippen LogP contribution in [0.1, 0.15) is 68.9 Å². The molecule has 1 saturated carbocycles. The van der Waals surface area contributed by atoms with Gasteiger partial charge in [-0.05, 0) is 80.5 Å². The van der Waals surface area contributed by atoms with Gasteiger partial charge < -0.3 is 10.0 Å². The molecule has 3 fully saturated rings. The van der Waals surface area contributed by atoms with Crippen molar-refractivity contribution in [3.8, 4) is 0 Å². The maximum absolute atomic E-state index is 9.71. The summed E-state index contributed by atoms with van der Waals surface area (Å²) in [6, 6.07) is 8.50. The molecule has 1 aromatic rings. The lowest BCUT2D eigenvalue weighted by Gasteiger charge is -2.47. The molecule has 0 spiro atoms. The fraction of sp³-hybridized carbons (Fsp3) is 0.778. The van der Waals surface area contributed by atoms with Crippen molar-refractivity contribution in [2.24, 2.45) is 5.92 Å². The van der Waals surface area contributed by atoms with Crippen molar-refractivity contribution in [2.45, 2.75) is 82.7 Å². The first-order valence-electron chi connectivity index (χ1n) is 13.3. The molecule has 1 N–H and O–H groups in total. The molecular weight excluding hydrogens is 382 g/mol. The number of rotatable bonds is 6. The van der Waals surface area contributed by atoms with E-state index in [-0.39, 0.29) is 0 Å². The van der Waals surface area contributed by atoms with Crippen LogP contribution in [0.3, 0.4) is 0 Å². The van der Waals surface area contributed by atoms with E-state index in [1.807, 2.05) is 0 Å². The minimum absolute atomic E-state index is 0.330. The van der Waals surface area contributed by atoms with E-state index in [2.05, 4.69) is 32.9 Å². The van der Waals surface area contributed by atoms with Gasteiger partial charge in [0.05, 0.1) is 0 Å². The quantitative estimate of drug-likeness (QED) is 0.743. The van der Waals surface area contributed by atoms with E-state index in [0.717, 1.165) is 24.9 Å². The molecule has 4 heteroatoms. The Morgan fingerprint density at radius 3 is 2.45 bits per heavy atom. The summed E-state index contributed by atoms with van der Waals surface area (Å²) in [5.41, 5.74) is 4.63. The molecule has 1 aromatic carbocycles. The van der Waals surface area contributed by atoms with E-state index < -0.39 is 0 Å². The van der Waals surface area contributed by atoms with E-state index >= 15 is 0 Å². The molecule has 31 heavy (non-hydrogen) atoms. The zero-order chi connectivity index (χ0) is 21.0. The SMILES string of the molecule is OCCC1CN(C2CCN(c3ccc4c(c3)CCC4)CC2)CCN1CC1CCCCC1. The number of nitrogens with zero attached hydrogens (tertiary/aromatic N) is 3. The molecule has 1 unspecified atom stereocenters.